The summed E-state index contributed by atoms with van der Waals surface area (Å²) in [5, 5.41) is 20.6. The van der Waals surface area contributed by atoms with Gasteiger partial charge in [0.05, 0.1) is 6.54 Å². The molecular weight excluding hydrogens is 450 g/mol. The van der Waals surface area contributed by atoms with E-state index in [-0.39, 0.29) is 22.9 Å². The van der Waals surface area contributed by atoms with Crippen molar-refractivity contribution in [2.75, 3.05) is 38.8 Å². The molecule has 10 nitrogen and oxygen atoms in total. The summed E-state index contributed by atoms with van der Waals surface area (Å²) < 4.78 is 14.2. The molecule has 0 unspecified atom stereocenters. The molecule has 0 aromatic carbocycles. The average Bonchev–Trinajstić information content (AvgIpc) is 3.58. The van der Waals surface area contributed by atoms with Gasteiger partial charge in [-0.2, -0.15) is 4.57 Å². The number of carbonyl (C=O) groups is 1. The van der Waals surface area contributed by atoms with Crippen LogP contribution in [0.5, 0.6) is 5.88 Å². The third kappa shape index (κ3) is 4.81. The highest BCUT2D eigenvalue weighted by Crippen LogP contribution is 2.32. The predicted molar refractivity (Wildman–Crippen MR) is 131 cm³/mol. The lowest BCUT2D eigenvalue weighted by Crippen LogP contribution is -2.50. The maximum absolute atomic E-state index is 13.5. The quantitative estimate of drug-likeness (QED) is 0.443. The summed E-state index contributed by atoms with van der Waals surface area (Å²) >= 11 is 0. The van der Waals surface area contributed by atoms with Gasteiger partial charge in [-0.15, -0.1) is 0 Å². The number of aromatic hydroxyl groups is 1. The van der Waals surface area contributed by atoms with Crippen molar-refractivity contribution in [3.05, 3.63) is 27.6 Å². The van der Waals surface area contributed by atoms with Crippen molar-refractivity contribution < 1.29 is 23.9 Å². The SMILES string of the molecule is CNc1[nH]n2c(=O)c(C(=O)NC3CC3)c(O)[n+](CC3(C)CCOCC3)c2c1/C=C/C1CCOCC1. The van der Waals surface area contributed by atoms with Crippen LogP contribution in [0.3, 0.4) is 0 Å². The zero-order valence-electron chi connectivity index (χ0n) is 20.6. The van der Waals surface area contributed by atoms with E-state index in [0.717, 1.165) is 57.3 Å². The molecule has 4 N–H and O–H groups in total. The number of allylic oxidation sites excluding steroid dienone is 1. The number of H-pyrrole nitrogens is 1. The molecular formula is C25H36N5O5+. The number of rotatable bonds is 7. The molecule has 2 saturated heterocycles. The molecule has 1 aliphatic carbocycles. The molecule has 0 radical (unpaired) electrons. The zero-order valence-corrected chi connectivity index (χ0v) is 20.6. The summed E-state index contributed by atoms with van der Waals surface area (Å²) in [4.78, 5) is 26.5. The van der Waals surface area contributed by atoms with Crippen LogP contribution in [-0.2, 0) is 16.0 Å². The van der Waals surface area contributed by atoms with Crippen LogP contribution in [0.4, 0.5) is 5.82 Å². The van der Waals surface area contributed by atoms with Crippen molar-refractivity contribution in [2.45, 2.75) is 58.0 Å². The molecule has 5 rings (SSSR count). The van der Waals surface area contributed by atoms with Gasteiger partial charge in [0, 0.05) is 44.9 Å². The van der Waals surface area contributed by atoms with Gasteiger partial charge < -0.3 is 25.2 Å². The van der Waals surface area contributed by atoms with Crippen LogP contribution in [0.25, 0.3) is 11.7 Å². The number of carbonyl (C=O) groups excluding carboxylic acids is 1. The first-order valence-corrected chi connectivity index (χ1v) is 12.7. The second-order valence-corrected chi connectivity index (χ2v) is 10.4. The maximum Gasteiger partial charge on any atom is 0.378 e. The Kier molecular flexibility index (Phi) is 6.59. The zero-order chi connectivity index (χ0) is 24.6. The molecule has 35 heavy (non-hydrogen) atoms. The molecule has 190 valence electrons. The number of aromatic nitrogens is 3. The molecule has 2 aliphatic heterocycles. The van der Waals surface area contributed by atoms with Crippen LogP contribution >= 0.6 is 0 Å². The predicted octanol–water partition coefficient (Wildman–Crippen LogP) is 1.81. The Morgan fingerprint density at radius 2 is 1.89 bits per heavy atom. The first-order chi connectivity index (χ1) is 16.9. The minimum Gasteiger partial charge on any atom is -0.477 e. The Labute approximate surface area is 204 Å². The number of hydrogen-bond donors (Lipinski definition) is 4. The summed E-state index contributed by atoms with van der Waals surface area (Å²) in [6.45, 7) is 5.39. The van der Waals surface area contributed by atoms with E-state index in [1.807, 2.05) is 6.08 Å². The number of nitrogens with one attached hydrogen (secondary N) is 3. The molecule has 2 aromatic rings. The van der Waals surface area contributed by atoms with Crippen LogP contribution in [0.1, 0.15) is 61.4 Å². The monoisotopic (exact) mass is 486 g/mol. The highest BCUT2D eigenvalue weighted by Gasteiger charge is 2.39. The normalized spacial score (nSPS) is 21.0. The topological polar surface area (TPSA) is 121 Å². The third-order valence-corrected chi connectivity index (χ3v) is 7.53. The first kappa shape index (κ1) is 23.9. The fourth-order valence-electron chi connectivity index (χ4n) is 5.04. The lowest BCUT2D eigenvalue weighted by atomic mass is 9.82. The number of fused-ring (bicyclic) bond motifs is 1. The van der Waals surface area contributed by atoms with Crippen LogP contribution in [-0.4, -0.2) is 60.1 Å². The molecule has 0 atom stereocenters. The van der Waals surface area contributed by atoms with Gasteiger partial charge in [-0.1, -0.05) is 17.5 Å². The van der Waals surface area contributed by atoms with Gasteiger partial charge in [0.15, 0.2) is 5.82 Å². The fraction of sp³-hybridized carbons (Fsp3) is 0.640. The van der Waals surface area contributed by atoms with Crippen LogP contribution in [0.15, 0.2) is 10.9 Å². The smallest absolute Gasteiger partial charge is 0.378 e. The molecule has 10 heteroatoms. The van der Waals surface area contributed by atoms with Crippen LogP contribution < -0.4 is 20.8 Å². The fourth-order valence-corrected chi connectivity index (χ4v) is 5.04. The average molecular weight is 487 g/mol. The van der Waals surface area contributed by atoms with Crippen molar-refractivity contribution in [2.24, 2.45) is 11.3 Å². The van der Waals surface area contributed by atoms with E-state index >= 15 is 0 Å². The summed E-state index contributed by atoms with van der Waals surface area (Å²) in [5.74, 6) is 0.211. The largest absolute Gasteiger partial charge is 0.477 e. The van der Waals surface area contributed by atoms with Gasteiger partial charge in [-0.25, -0.2) is 9.89 Å². The molecule has 0 spiro atoms. The lowest BCUT2D eigenvalue weighted by molar-refractivity contribution is -0.694. The van der Waals surface area contributed by atoms with Crippen molar-refractivity contribution in [1.82, 2.24) is 14.9 Å². The van der Waals surface area contributed by atoms with Gasteiger partial charge in [-0.3, -0.25) is 4.79 Å². The standard InChI is InChI=1S/C25H35N5O5/c1-25(9-13-35-14-10-25)15-29-22-18(6-3-16-7-11-34-12-8-16)20(26-2)28-30(22)24(33)19(23(29)32)21(31)27-17-4-5-17/h3,6,16-17H,4-5,7-15H2,1-2H3,(H3,26,27,28,31,32,33)/p+1/b6-3+. The van der Waals surface area contributed by atoms with Crippen molar-refractivity contribution >= 4 is 23.4 Å². The molecule has 0 bridgehead atoms. The Bertz CT molecular complexity index is 1180. The van der Waals surface area contributed by atoms with E-state index in [2.05, 4.69) is 28.7 Å². The van der Waals surface area contributed by atoms with Crippen molar-refractivity contribution in [1.29, 1.82) is 0 Å². The van der Waals surface area contributed by atoms with Crippen molar-refractivity contribution in [3.8, 4) is 5.88 Å². The van der Waals surface area contributed by atoms with Gasteiger partial charge >= 0.3 is 17.1 Å². The van der Waals surface area contributed by atoms with Crippen molar-refractivity contribution in [3.63, 3.8) is 0 Å². The second kappa shape index (κ2) is 9.66. The molecule has 3 aliphatic rings. The number of hydrogen-bond acceptors (Lipinski definition) is 6. The summed E-state index contributed by atoms with van der Waals surface area (Å²) in [7, 11) is 1.78. The van der Waals surface area contributed by atoms with E-state index in [1.54, 1.807) is 11.6 Å². The first-order valence-electron chi connectivity index (χ1n) is 12.7. The van der Waals surface area contributed by atoms with E-state index in [9.17, 15) is 14.7 Å². The summed E-state index contributed by atoms with van der Waals surface area (Å²) in [6, 6.07) is 0.0675. The van der Waals surface area contributed by atoms with Gasteiger partial charge in [-0.05, 0) is 50.5 Å². The lowest BCUT2D eigenvalue weighted by Gasteiger charge is -2.32. The number of amides is 1. The number of ether oxygens (including phenoxy) is 2. The second-order valence-electron chi connectivity index (χ2n) is 10.4. The highest BCUT2D eigenvalue weighted by molar-refractivity contribution is 5.96. The van der Waals surface area contributed by atoms with Gasteiger partial charge in [0.25, 0.3) is 5.91 Å². The summed E-state index contributed by atoms with van der Waals surface area (Å²) in [5.41, 5.74) is 0.369. The minimum absolute atomic E-state index is 0.0675. The Hall–Kier alpha value is -2.85. The Morgan fingerprint density at radius 1 is 1.20 bits per heavy atom. The third-order valence-electron chi connectivity index (χ3n) is 7.53. The van der Waals surface area contributed by atoms with Crippen LogP contribution in [0.2, 0.25) is 0 Å². The molecule has 1 amide bonds. The maximum atomic E-state index is 13.5. The highest BCUT2D eigenvalue weighted by atomic mass is 16.5. The summed E-state index contributed by atoms with van der Waals surface area (Å²) in [6.07, 6.45) is 9.49. The van der Waals surface area contributed by atoms with Gasteiger partial charge in [0.2, 0.25) is 5.56 Å². The van der Waals surface area contributed by atoms with E-state index in [1.165, 1.54) is 4.52 Å². The van der Waals surface area contributed by atoms with E-state index in [0.29, 0.717) is 37.1 Å². The number of aromatic amines is 1. The minimum atomic E-state index is -0.564. The van der Waals surface area contributed by atoms with E-state index in [4.69, 9.17) is 9.47 Å². The Morgan fingerprint density at radius 3 is 2.54 bits per heavy atom. The molecule has 4 heterocycles. The molecule has 1 saturated carbocycles. The number of anilines is 1. The molecule has 2 aromatic heterocycles. The molecule has 3 fully saturated rings. The number of nitrogens with zero attached hydrogens (tertiary/aromatic N) is 2. The van der Waals surface area contributed by atoms with Crippen LogP contribution in [0, 0.1) is 11.3 Å². The Balaban J connectivity index is 1.67. The van der Waals surface area contributed by atoms with E-state index < -0.39 is 11.5 Å². The van der Waals surface area contributed by atoms with Gasteiger partial charge in [0.1, 0.15) is 5.56 Å².